The highest BCUT2D eigenvalue weighted by Gasteiger charge is 2.13. The molecule has 0 aliphatic heterocycles. The zero-order valence-corrected chi connectivity index (χ0v) is 13.5. The number of thiazole rings is 1. The Morgan fingerprint density at radius 1 is 1.32 bits per heavy atom. The summed E-state index contributed by atoms with van der Waals surface area (Å²) in [4.78, 5) is 26.0. The van der Waals surface area contributed by atoms with E-state index in [0.717, 1.165) is 28.4 Å². The number of methoxy groups -OCH3 is 2. The van der Waals surface area contributed by atoms with Crippen molar-refractivity contribution in [3.63, 3.8) is 0 Å². The van der Waals surface area contributed by atoms with Crippen LogP contribution in [0, 0.1) is 6.92 Å². The van der Waals surface area contributed by atoms with E-state index in [1.165, 1.54) is 0 Å². The molecule has 118 valence electrons. The Balaban J connectivity index is 2.00. The summed E-state index contributed by atoms with van der Waals surface area (Å²) in [5.41, 5.74) is 1.53. The Morgan fingerprint density at radius 2 is 2.09 bits per heavy atom. The lowest BCUT2D eigenvalue weighted by molar-refractivity contribution is 0.0957. The van der Waals surface area contributed by atoms with E-state index in [9.17, 15) is 9.59 Å². The smallest absolute Gasteiger partial charge is 0.305 e. The molecule has 0 aliphatic carbocycles. The number of rotatable bonds is 6. The van der Waals surface area contributed by atoms with E-state index in [4.69, 9.17) is 9.47 Å². The largest absolute Gasteiger partial charge is 0.497 e. The molecular formula is C15H18N2O4S. The van der Waals surface area contributed by atoms with Crippen LogP contribution >= 0.6 is 11.3 Å². The van der Waals surface area contributed by atoms with Crippen LogP contribution in [0.25, 0.3) is 0 Å². The van der Waals surface area contributed by atoms with Crippen molar-refractivity contribution in [1.82, 2.24) is 10.3 Å². The number of amides is 1. The Kier molecular flexibility index (Phi) is 5.21. The molecule has 0 spiro atoms. The van der Waals surface area contributed by atoms with Gasteiger partial charge in [0.1, 0.15) is 16.4 Å². The first-order chi connectivity index (χ1) is 10.5. The molecule has 1 heterocycles. The van der Waals surface area contributed by atoms with Gasteiger partial charge in [0.15, 0.2) is 0 Å². The van der Waals surface area contributed by atoms with Crippen LogP contribution < -0.4 is 19.7 Å². The van der Waals surface area contributed by atoms with E-state index in [1.807, 2.05) is 18.2 Å². The van der Waals surface area contributed by atoms with Gasteiger partial charge in [0.25, 0.3) is 5.91 Å². The number of nitrogens with one attached hydrogen (secondary N) is 2. The lowest BCUT2D eigenvalue weighted by atomic mass is 10.1. The Labute approximate surface area is 132 Å². The van der Waals surface area contributed by atoms with E-state index < -0.39 is 0 Å². The summed E-state index contributed by atoms with van der Waals surface area (Å²) < 4.78 is 10.5. The average molecular weight is 322 g/mol. The predicted molar refractivity (Wildman–Crippen MR) is 85.3 cm³/mol. The predicted octanol–water partition coefficient (Wildman–Crippen LogP) is 1.73. The first kappa shape index (κ1) is 16.1. The number of aromatic amines is 1. The lowest BCUT2D eigenvalue weighted by Gasteiger charge is -2.11. The maximum Gasteiger partial charge on any atom is 0.305 e. The molecule has 0 atom stereocenters. The zero-order chi connectivity index (χ0) is 16.1. The molecule has 0 bridgehead atoms. The van der Waals surface area contributed by atoms with Crippen molar-refractivity contribution < 1.29 is 14.3 Å². The van der Waals surface area contributed by atoms with Crippen molar-refractivity contribution in [2.45, 2.75) is 13.3 Å². The van der Waals surface area contributed by atoms with Crippen molar-refractivity contribution in [2.24, 2.45) is 0 Å². The average Bonchev–Trinajstić information content (AvgIpc) is 2.85. The maximum absolute atomic E-state index is 12.0. The van der Waals surface area contributed by atoms with Gasteiger partial charge in [0.2, 0.25) is 0 Å². The van der Waals surface area contributed by atoms with Crippen LogP contribution in [0.4, 0.5) is 0 Å². The molecule has 0 fully saturated rings. The van der Waals surface area contributed by atoms with Gasteiger partial charge in [-0.1, -0.05) is 11.3 Å². The molecule has 7 heteroatoms. The minimum Gasteiger partial charge on any atom is -0.497 e. The zero-order valence-electron chi connectivity index (χ0n) is 12.7. The molecule has 6 nitrogen and oxygen atoms in total. The first-order valence-electron chi connectivity index (χ1n) is 6.74. The number of hydrogen-bond acceptors (Lipinski definition) is 5. The van der Waals surface area contributed by atoms with Crippen LogP contribution in [0.15, 0.2) is 23.0 Å². The second-order valence-corrected chi connectivity index (χ2v) is 5.64. The number of ether oxygens (including phenoxy) is 2. The molecule has 22 heavy (non-hydrogen) atoms. The van der Waals surface area contributed by atoms with Gasteiger partial charge in [0.05, 0.1) is 14.2 Å². The number of H-pyrrole nitrogens is 1. The Hall–Kier alpha value is -2.28. The quantitative estimate of drug-likeness (QED) is 0.849. The van der Waals surface area contributed by atoms with Crippen LogP contribution in [0.2, 0.25) is 0 Å². The van der Waals surface area contributed by atoms with Gasteiger partial charge < -0.3 is 19.8 Å². The molecule has 1 aromatic carbocycles. The van der Waals surface area contributed by atoms with Crippen molar-refractivity contribution >= 4 is 17.2 Å². The van der Waals surface area contributed by atoms with Gasteiger partial charge in [0, 0.05) is 12.2 Å². The number of aromatic nitrogens is 1. The van der Waals surface area contributed by atoms with E-state index >= 15 is 0 Å². The number of carbonyl (C=O) groups excluding carboxylic acids is 1. The first-order valence-corrected chi connectivity index (χ1v) is 7.55. The van der Waals surface area contributed by atoms with Crippen molar-refractivity contribution in [3.8, 4) is 11.5 Å². The maximum atomic E-state index is 12.0. The molecular weight excluding hydrogens is 304 g/mol. The third-order valence-corrected chi connectivity index (χ3v) is 4.18. The minimum atomic E-state index is -0.247. The third kappa shape index (κ3) is 3.67. The minimum absolute atomic E-state index is 0.225. The molecule has 2 N–H and O–H groups in total. The van der Waals surface area contributed by atoms with E-state index in [1.54, 1.807) is 21.1 Å². The van der Waals surface area contributed by atoms with Crippen molar-refractivity contribution in [1.29, 1.82) is 0 Å². The summed E-state index contributed by atoms with van der Waals surface area (Å²) in [6, 6.07) is 5.53. The van der Waals surface area contributed by atoms with Crippen LogP contribution in [0.5, 0.6) is 11.5 Å². The molecule has 2 rings (SSSR count). The standard InChI is InChI=1S/C15H18N2O4S/c1-9-13(22-15(19)17-9)14(18)16-7-6-10-8-11(20-2)4-5-12(10)21-3/h4-5,8H,6-7H2,1-3H3,(H,16,18)(H,17,19). The Morgan fingerprint density at radius 3 is 2.68 bits per heavy atom. The summed E-state index contributed by atoms with van der Waals surface area (Å²) in [6.07, 6.45) is 0.602. The van der Waals surface area contributed by atoms with Gasteiger partial charge in [-0.15, -0.1) is 0 Å². The number of hydrogen-bond donors (Lipinski definition) is 2. The molecule has 0 unspecified atom stereocenters. The summed E-state index contributed by atoms with van der Waals surface area (Å²) in [5, 5.41) is 2.81. The van der Waals surface area contributed by atoms with Crippen LogP contribution in [-0.4, -0.2) is 31.7 Å². The number of aryl methyl sites for hydroxylation is 1. The van der Waals surface area contributed by atoms with Crippen LogP contribution in [-0.2, 0) is 6.42 Å². The summed E-state index contributed by atoms with van der Waals surface area (Å²) in [5.74, 6) is 1.24. The SMILES string of the molecule is COc1ccc(OC)c(CCNC(=O)c2sc(=O)[nH]c2C)c1. The number of benzene rings is 1. The molecule has 0 saturated carbocycles. The fourth-order valence-corrected chi connectivity index (χ4v) is 2.85. The highest BCUT2D eigenvalue weighted by molar-refractivity contribution is 7.11. The van der Waals surface area contributed by atoms with Gasteiger partial charge in [-0.25, -0.2) is 0 Å². The summed E-state index contributed by atoms with van der Waals surface area (Å²) >= 11 is 0.915. The molecule has 2 aromatic rings. The van der Waals surface area contributed by atoms with Gasteiger partial charge in [-0.05, 0) is 37.1 Å². The molecule has 1 amide bonds. The molecule has 1 aromatic heterocycles. The Bertz CT molecular complexity index is 721. The van der Waals surface area contributed by atoms with E-state index in [2.05, 4.69) is 10.3 Å². The van der Waals surface area contributed by atoms with E-state index in [0.29, 0.717) is 23.5 Å². The van der Waals surface area contributed by atoms with Crippen LogP contribution in [0.3, 0.4) is 0 Å². The molecule has 0 aliphatic rings. The van der Waals surface area contributed by atoms with Gasteiger partial charge in [-0.3, -0.25) is 9.59 Å². The topological polar surface area (TPSA) is 80.4 Å². The normalized spacial score (nSPS) is 10.3. The molecule has 0 radical (unpaired) electrons. The fraction of sp³-hybridized carbons (Fsp3) is 0.333. The van der Waals surface area contributed by atoms with Gasteiger partial charge in [-0.2, -0.15) is 0 Å². The second kappa shape index (κ2) is 7.13. The summed E-state index contributed by atoms with van der Waals surface area (Å²) in [7, 11) is 3.20. The second-order valence-electron chi connectivity index (χ2n) is 4.65. The van der Waals surface area contributed by atoms with Gasteiger partial charge >= 0.3 is 4.87 Å². The van der Waals surface area contributed by atoms with Crippen LogP contribution in [0.1, 0.15) is 20.9 Å². The lowest BCUT2D eigenvalue weighted by Crippen LogP contribution is -2.25. The fourth-order valence-electron chi connectivity index (χ4n) is 2.09. The van der Waals surface area contributed by atoms with Crippen molar-refractivity contribution in [3.05, 3.63) is 44.0 Å². The highest BCUT2D eigenvalue weighted by atomic mass is 32.1. The molecule has 0 saturated heterocycles. The van der Waals surface area contributed by atoms with E-state index in [-0.39, 0.29) is 10.8 Å². The van der Waals surface area contributed by atoms with Crippen molar-refractivity contribution in [2.75, 3.05) is 20.8 Å². The third-order valence-electron chi connectivity index (χ3n) is 3.20. The number of carbonyl (C=O) groups is 1. The highest BCUT2D eigenvalue weighted by Crippen LogP contribution is 2.24. The monoisotopic (exact) mass is 322 g/mol. The summed E-state index contributed by atoms with van der Waals surface area (Å²) in [6.45, 7) is 2.14.